The molecular formula is C16H27NO10. The van der Waals surface area contributed by atoms with Gasteiger partial charge in [-0.3, -0.25) is 4.79 Å². The molecule has 156 valence electrons. The van der Waals surface area contributed by atoms with Gasteiger partial charge in [0.15, 0.2) is 12.4 Å². The zero-order valence-corrected chi connectivity index (χ0v) is 15.3. The fraction of sp³-hybridized carbons (Fsp3) is 0.875. The van der Waals surface area contributed by atoms with E-state index in [2.05, 4.69) is 0 Å². The summed E-state index contributed by atoms with van der Waals surface area (Å²) in [6, 6.07) is -0.782. The molecule has 9 unspecified atom stereocenters. The number of carboxylic acid groups (broad SMARTS) is 1. The fourth-order valence-corrected chi connectivity index (χ4v) is 3.30. The first-order valence-corrected chi connectivity index (χ1v) is 8.63. The Labute approximate surface area is 156 Å². The van der Waals surface area contributed by atoms with Crippen molar-refractivity contribution in [3.63, 3.8) is 0 Å². The van der Waals surface area contributed by atoms with Gasteiger partial charge in [-0.1, -0.05) is 6.92 Å². The van der Waals surface area contributed by atoms with Gasteiger partial charge in [-0.15, -0.1) is 0 Å². The van der Waals surface area contributed by atoms with Crippen molar-refractivity contribution in [3.05, 3.63) is 0 Å². The Hall–Kier alpha value is -1.34. The van der Waals surface area contributed by atoms with Gasteiger partial charge in [-0.2, -0.15) is 0 Å². The third-order valence-electron chi connectivity index (χ3n) is 5.21. The van der Waals surface area contributed by atoms with Crippen LogP contribution in [0.3, 0.4) is 0 Å². The number of carbonyl (C=O) groups is 2. The molecule has 0 aromatic carbocycles. The summed E-state index contributed by atoms with van der Waals surface area (Å²) >= 11 is 0. The Morgan fingerprint density at radius 3 is 2.33 bits per heavy atom. The van der Waals surface area contributed by atoms with E-state index >= 15 is 0 Å². The minimum Gasteiger partial charge on any atom is -0.479 e. The van der Waals surface area contributed by atoms with Gasteiger partial charge >= 0.3 is 5.97 Å². The van der Waals surface area contributed by atoms with Crippen molar-refractivity contribution in [1.82, 2.24) is 4.90 Å². The zero-order valence-electron chi connectivity index (χ0n) is 15.3. The number of amides is 1. The van der Waals surface area contributed by atoms with E-state index < -0.39 is 67.4 Å². The lowest BCUT2D eigenvalue weighted by Crippen LogP contribution is -2.64. The summed E-state index contributed by atoms with van der Waals surface area (Å²) in [5.41, 5.74) is 0. The van der Waals surface area contributed by atoms with Crippen LogP contribution in [-0.2, 0) is 23.8 Å². The van der Waals surface area contributed by atoms with Crippen LogP contribution in [0.1, 0.15) is 13.8 Å². The largest absolute Gasteiger partial charge is 0.479 e. The number of aliphatic hydroxyl groups is 4. The van der Waals surface area contributed by atoms with Crippen molar-refractivity contribution >= 4 is 11.9 Å². The van der Waals surface area contributed by atoms with E-state index in [0.717, 1.165) is 0 Å². The second kappa shape index (κ2) is 8.78. The average molecular weight is 393 g/mol. The molecule has 0 radical (unpaired) electrons. The van der Waals surface area contributed by atoms with Gasteiger partial charge in [0, 0.05) is 19.9 Å². The van der Waals surface area contributed by atoms with Crippen LogP contribution in [0.2, 0.25) is 0 Å². The highest BCUT2D eigenvalue weighted by Gasteiger charge is 2.50. The van der Waals surface area contributed by atoms with Gasteiger partial charge in [-0.05, 0) is 0 Å². The Balaban J connectivity index is 2.25. The van der Waals surface area contributed by atoms with Crippen molar-refractivity contribution in [2.24, 2.45) is 5.92 Å². The number of nitrogens with zero attached hydrogens (tertiary/aromatic N) is 1. The monoisotopic (exact) mass is 393 g/mol. The van der Waals surface area contributed by atoms with Crippen LogP contribution in [0, 0.1) is 5.92 Å². The molecule has 2 heterocycles. The number of aliphatic carboxylic acids is 1. The summed E-state index contributed by atoms with van der Waals surface area (Å²) in [6.07, 6.45) is -9.52. The molecule has 5 N–H and O–H groups in total. The highest BCUT2D eigenvalue weighted by atomic mass is 16.7. The smallest absolute Gasteiger partial charge is 0.333 e. The number of ether oxygens (including phenoxy) is 3. The highest BCUT2D eigenvalue weighted by Crippen LogP contribution is 2.30. The SMILES string of the molecule is CC(=O)N(C)C1COC(CO)C(O)C1OC1OC(C(=O)O)C(C)C(O)C1O. The summed E-state index contributed by atoms with van der Waals surface area (Å²) in [4.78, 5) is 24.3. The van der Waals surface area contributed by atoms with Crippen molar-refractivity contribution in [2.75, 3.05) is 20.3 Å². The molecule has 0 bridgehead atoms. The molecule has 2 rings (SSSR count). The topological polar surface area (TPSA) is 166 Å². The van der Waals surface area contributed by atoms with Crippen LogP contribution < -0.4 is 0 Å². The summed E-state index contributed by atoms with van der Waals surface area (Å²) in [7, 11) is 1.47. The fourth-order valence-electron chi connectivity index (χ4n) is 3.30. The van der Waals surface area contributed by atoms with Gasteiger partial charge in [0.1, 0.15) is 24.4 Å². The normalized spacial score (nSPS) is 42.6. The van der Waals surface area contributed by atoms with Crippen molar-refractivity contribution < 1.29 is 49.3 Å². The second-order valence-corrected chi connectivity index (χ2v) is 6.95. The molecule has 2 aliphatic heterocycles. The van der Waals surface area contributed by atoms with Crippen LogP contribution in [0.25, 0.3) is 0 Å². The number of carbonyl (C=O) groups excluding carboxylic acids is 1. The minimum atomic E-state index is -1.57. The summed E-state index contributed by atoms with van der Waals surface area (Å²) in [5, 5.41) is 49.4. The minimum absolute atomic E-state index is 0.0623. The highest BCUT2D eigenvalue weighted by molar-refractivity contribution is 5.73. The Bertz CT molecular complexity index is 545. The van der Waals surface area contributed by atoms with E-state index in [1.807, 2.05) is 0 Å². The first-order valence-electron chi connectivity index (χ1n) is 8.63. The number of carboxylic acids is 1. The second-order valence-electron chi connectivity index (χ2n) is 6.95. The maximum Gasteiger partial charge on any atom is 0.333 e. The van der Waals surface area contributed by atoms with Crippen LogP contribution in [0.5, 0.6) is 0 Å². The summed E-state index contributed by atoms with van der Waals surface area (Å²) < 4.78 is 16.3. The summed E-state index contributed by atoms with van der Waals surface area (Å²) in [6.45, 7) is 2.15. The molecule has 1 amide bonds. The third kappa shape index (κ3) is 4.40. The van der Waals surface area contributed by atoms with Crippen LogP contribution in [-0.4, -0.2) is 112 Å². The van der Waals surface area contributed by atoms with Crippen molar-refractivity contribution in [2.45, 2.75) is 62.8 Å². The molecular weight excluding hydrogens is 366 g/mol. The molecule has 2 saturated heterocycles. The van der Waals surface area contributed by atoms with Gasteiger partial charge in [0.05, 0.1) is 25.4 Å². The molecule has 2 fully saturated rings. The van der Waals surface area contributed by atoms with Crippen LogP contribution in [0.4, 0.5) is 0 Å². The maximum absolute atomic E-state index is 11.7. The maximum atomic E-state index is 11.7. The Kier molecular flexibility index (Phi) is 7.14. The lowest BCUT2D eigenvalue weighted by Gasteiger charge is -2.46. The molecule has 0 aromatic rings. The van der Waals surface area contributed by atoms with Gasteiger partial charge in [-0.25, -0.2) is 4.79 Å². The summed E-state index contributed by atoms with van der Waals surface area (Å²) in [5.74, 6) is -2.56. The lowest BCUT2D eigenvalue weighted by atomic mass is 9.90. The first-order chi connectivity index (χ1) is 12.6. The molecule has 11 heteroatoms. The Morgan fingerprint density at radius 1 is 1.19 bits per heavy atom. The third-order valence-corrected chi connectivity index (χ3v) is 5.21. The molecule has 0 aliphatic carbocycles. The van der Waals surface area contributed by atoms with Crippen molar-refractivity contribution in [1.29, 1.82) is 0 Å². The van der Waals surface area contributed by atoms with E-state index in [-0.39, 0.29) is 12.5 Å². The molecule has 9 atom stereocenters. The quantitative estimate of drug-likeness (QED) is 0.328. The molecule has 11 nitrogen and oxygen atoms in total. The molecule has 0 aromatic heterocycles. The van der Waals surface area contributed by atoms with E-state index in [1.54, 1.807) is 0 Å². The Morgan fingerprint density at radius 2 is 1.81 bits per heavy atom. The van der Waals surface area contributed by atoms with E-state index in [1.165, 1.54) is 25.8 Å². The number of aliphatic hydroxyl groups excluding tert-OH is 4. The zero-order chi connectivity index (χ0) is 20.5. The predicted octanol–water partition coefficient (Wildman–Crippen LogP) is -2.86. The average Bonchev–Trinajstić information content (AvgIpc) is 2.62. The number of rotatable bonds is 5. The molecule has 27 heavy (non-hydrogen) atoms. The van der Waals surface area contributed by atoms with Gasteiger partial charge < -0.3 is 44.6 Å². The standard InChI is InChI=1S/C16H27NO10/c1-6-10(20)12(22)16(26-13(6)15(23)24)27-14-8(17(3)7(2)19)5-25-9(4-18)11(14)21/h6,8-14,16,18,20-22H,4-5H2,1-3H3,(H,23,24). The predicted molar refractivity (Wildman–Crippen MR) is 87.4 cm³/mol. The van der Waals surface area contributed by atoms with E-state index in [4.69, 9.17) is 14.2 Å². The van der Waals surface area contributed by atoms with Gasteiger partial charge in [0.25, 0.3) is 0 Å². The van der Waals surface area contributed by atoms with Crippen molar-refractivity contribution in [3.8, 4) is 0 Å². The number of hydrogen-bond acceptors (Lipinski definition) is 9. The van der Waals surface area contributed by atoms with Crippen LogP contribution >= 0.6 is 0 Å². The first kappa shape index (κ1) is 22.0. The van der Waals surface area contributed by atoms with Crippen LogP contribution in [0.15, 0.2) is 0 Å². The van der Waals surface area contributed by atoms with E-state index in [9.17, 15) is 35.1 Å². The van der Waals surface area contributed by atoms with Gasteiger partial charge in [0.2, 0.25) is 5.91 Å². The number of hydrogen-bond donors (Lipinski definition) is 5. The molecule has 0 saturated carbocycles. The lowest BCUT2D eigenvalue weighted by molar-refractivity contribution is -0.317. The van der Waals surface area contributed by atoms with E-state index in [0.29, 0.717) is 0 Å². The molecule has 2 aliphatic rings. The molecule has 0 spiro atoms. The number of likely N-dealkylation sites (N-methyl/N-ethyl adjacent to an activating group) is 1.